The summed E-state index contributed by atoms with van der Waals surface area (Å²) in [4.78, 5) is 13.1. The fraction of sp³-hybridized carbons (Fsp3) is 0.900. The van der Waals surface area contributed by atoms with Crippen molar-refractivity contribution in [2.75, 3.05) is 32.8 Å². The van der Waals surface area contributed by atoms with Gasteiger partial charge in [0.05, 0.1) is 6.54 Å². The Morgan fingerprint density at radius 2 is 1.73 bits per heavy atom. The first-order valence-corrected chi connectivity index (χ1v) is 5.43. The van der Waals surface area contributed by atoms with E-state index in [9.17, 15) is 4.79 Å². The number of carbonyl (C=O) groups excluding carboxylic acids is 1. The molecule has 1 amide bonds. The molecule has 0 aromatic heterocycles. The van der Waals surface area contributed by atoms with E-state index in [-0.39, 0.29) is 24.7 Å². The number of ether oxygens (including phenoxy) is 2. The molecule has 88 valence electrons. The predicted molar refractivity (Wildman–Crippen MR) is 56.5 cm³/mol. The molecule has 1 aliphatic heterocycles. The molecule has 15 heavy (non-hydrogen) atoms. The van der Waals surface area contributed by atoms with Crippen LogP contribution in [0.2, 0.25) is 0 Å². The van der Waals surface area contributed by atoms with Crippen LogP contribution in [-0.4, -0.2) is 55.9 Å². The van der Waals surface area contributed by atoms with E-state index >= 15 is 0 Å². The van der Waals surface area contributed by atoms with Gasteiger partial charge in [0.25, 0.3) is 0 Å². The lowest BCUT2D eigenvalue weighted by Crippen LogP contribution is -2.35. The van der Waals surface area contributed by atoms with Gasteiger partial charge in [0.15, 0.2) is 0 Å². The Morgan fingerprint density at radius 3 is 2.07 bits per heavy atom. The molecule has 1 fully saturated rings. The van der Waals surface area contributed by atoms with Crippen LogP contribution in [0.3, 0.4) is 0 Å². The highest BCUT2D eigenvalue weighted by atomic mass is 16.5. The zero-order valence-electron chi connectivity index (χ0n) is 9.44. The number of hydrogen-bond donors (Lipinski definition) is 1. The van der Waals surface area contributed by atoms with Gasteiger partial charge < -0.3 is 20.1 Å². The number of hydrogen-bond acceptors (Lipinski definition) is 4. The molecule has 1 heterocycles. The van der Waals surface area contributed by atoms with Gasteiger partial charge in [0.2, 0.25) is 5.91 Å². The highest BCUT2D eigenvalue weighted by molar-refractivity contribution is 5.78. The molecule has 1 rings (SSSR count). The van der Waals surface area contributed by atoms with E-state index in [1.54, 1.807) is 4.90 Å². The Kier molecular flexibility index (Phi) is 5.01. The van der Waals surface area contributed by atoms with Crippen LogP contribution in [0.5, 0.6) is 0 Å². The lowest BCUT2D eigenvalue weighted by Gasteiger charge is -2.17. The molecule has 0 aliphatic carbocycles. The zero-order chi connectivity index (χ0) is 11.3. The second-order valence-electron chi connectivity index (χ2n) is 3.49. The van der Waals surface area contributed by atoms with Crippen molar-refractivity contribution >= 4 is 5.91 Å². The van der Waals surface area contributed by atoms with Crippen LogP contribution in [0.15, 0.2) is 0 Å². The molecule has 5 heteroatoms. The smallest absolute Gasteiger partial charge is 0.236 e. The maximum atomic E-state index is 11.4. The number of nitrogens with zero attached hydrogens (tertiary/aromatic N) is 1. The third kappa shape index (κ3) is 3.15. The van der Waals surface area contributed by atoms with Gasteiger partial charge in [-0.25, -0.2) is 0 Å². The fourth-order valence-corrected chi connectivity index (χ4v) is 1.83. The zero-order valence-corrected chi connectivity index (χ0v) is 9.44. The summed E-state index contributed by atoms with van der Waals surface area (Å²) >= 11 is 0. The highest BCUT2D eigenvalue weighted by Crippen LogP contribution is 2.16. The number of likely N-dealkylation sites (tertiary alicyclic amines) is 1. The largest absolute Gasteiger partial charge is 0.374 e. The van der Waals surface area contributed by atoms with E-state index in [0.717, 1.165) is 0 Å². The van der Waals surface area contributed by atoms with Gasteiger partial charge in [0.1, 0.15) is 12.2 Å². The topological polar surface area (TPSA) is 64.8 Å². The van der Waals surface area contributed by atoms with Gasteiger partial charge in [-0.2, -0.15) is 0 Å². The van der Waals surface area contributed by atoms with Crippen LogP contribution in [0.4, 0.5) is 0 Å². The van der Waals surface area contributed by atoms with Crippen molar-refractivity contribution in [2.45, 2.75) is 26.1 Å². The second-order valence-corrected chi connectivity index (χ2v) is 3.49. The van der Waals surface area contributed by atoms with Crippen molar-refractivity contribution in [3.05, 3.63) is 0 Å². The average Bonchev–Trinajstić information content (AvgIpc) is 2.62. The van der Waals surface area contributed by atoms with E-state index in [4.69, 9.17) is 15.2 Å². The van der Waals surface area contributed by atoms with Crippen molar-refractivity contribution < 1.29 is 14.3 Å². The quantitative estimate of drug-likeness (QED) is 0.679. The molecule has 2 N–H and O–H groups in total. The minimum Gasteiger partial charge on any atom is -0.374 e. The summed E-state index contributed by atoms with van der Waals surface area (Å²) in [6.07, 6.45) is -0.0177. The predicted octanol–water partition coefficient (Wildman–Crippen LogP) is -0.402. The van der Waals surface area contributed by atoms with Crippen molar-refractivity contribution in [1.29, 1.82) is 0 Å². The summed E-state index contributed by atoms with van der Waals surface area (Å²) in [5, 5.41) is 0. The van der Waals surface area contributed by atoms with Gasteiger partial charge in [0, 0.05) is 26.3 Å². The molecular weight excluding hydrogens is 196 g/mol. The molecule has 0 radical (unpaired) electrons. The van der Waals surface area contributed by atoms with Crippen LogP contribution < -0.4 is 5.73 Å². The van der Waals surface area contributed by atoms with Gasteiger partial charge in [-0.15, -0.1) is 0 Å². The van der Waals surface area contributed by atoms with E-state index < -0.39 is 0 Å². The Labute approximate surface area is 90.5 Å². The lowest BCUT2D eigenvalue weighted by molar-refractivity contribution is -0.129. The maximum absolute atomic E-state index is 11.4. The molecule has 2 atom stereocenters. The van der Waals surface area contributed by atoms with Gasteiger partial charge in [-0.1, -0.05) is 0 Å². The Morgan fingerprint density at radius 1 is 1.27 bits per heavy atom. The first-order chi connectivity index (χ1) is 7.22. The van der Waals surface area contributed by atoms with Crippen molar-refractivity contribution in [1.82, 2.24) is 4.90 Å². The normalized spacial score (nSPS) is 25.9. The summed E-state index contributed by atoms with van der Waals surface area (Å²) < 4.78 is 11.1. The summed E-state index contributed by atoms with van der Waals surface area (Å²) in [5.74, 6) is -0.0399. The van der Waals surface area contributed by atoms with Crippen LogP contribution in [0.25, 0.3) is 0 Å². The van der Waals surface area contributed by atoms with Crippen molar-refractivity contribution in [2.24, 2.45) is 5.73 Å². The summed E-state index contributed by atoms with van der Waals surface area (Å²) in [7, 11) is 0. The van der Waals surface area contributed by atoms with Crippen LogP contribution in [0, 0.1) is 0 Å². The summed E-state index contributed by atoms with van der Waals surface area (Å²) in [5.41, 5.74) is 5.32. The first kappa shape index (κ1) is 12.4. The van der Waals surface area contributed by atoms with Crippen LogP contribution in [-0.2, 0) is 14.3 Å². The number of carbonyl (C=O) groups is 1. The summed E-state index contributed by atoms with van der Waals surface area (Å²) in [6, 6.07) is 0. The second kappa shape index (κ2) is 6.05. The Hall–Kier alpha value is -0.650. The van der Waals surface area contributed by atoms with Crippen molar-refractivity contribution in [3.63, 3.8) is 0 Å². The molecule has 0 spiro atoms. The van der Waals surface area contributed by atoms with E-state index in [2.05, 4.69) is 0 Å². The molecule has 0 saturated carbocycles. The molecule has 5 nitrogen and oxygen atoms in total. The fourth-order valence-electron chi connectivity index (χ4n) is 1.83. The monoisotopic (exact) mass is 216 g/mol. The first-order valence-electron chi connectivity index (χ1n) is 5.43. The number of amides is 1. The van der Waals surface area contributed by atoms with Crippen molar-refractivity contribution in [3.8, 4) is 0 Å². The molecule has 1 saturated heterocycles. The minimum absolute atomic E-state index is 0.00884. The molecule has 1 aliphatic rings. The van der Waals surface area contributed by atoms with Crippen LogP contribution in [0.1, 0.15) is 13.8 Å². The van der Waals surface area contributed by atoms with Gasteiger partial charge in [-0.05, 0) is 13.8 Å². The summed E-state index contributed by atoms with van der Waals surface area (Å²) in [6.45, 7) is 6.39. The molecule has 0 unspecified atom stereocenters. The molecule has 0 bridgehead atoms. The van der Waals surface area contributed by atoms with E-state index in [1.165, 1.54) is 0 Å². The van der Waals surface area contributed by atoms with Crippen LogP contribution >= 0.6 is 0 Å². The number of nitrogens with two attached hydrogens (primary N) is 1. The minimum atomic E-state index is -0.0399. The maximum Gasteiger partial charge on any atom is 0.236 e. The standard InChI is InChI=1S/C10H20N2O3/c1-3-14-8-6-12(10(13)5-11)7-9(8)15-4-2/h8-9H,3-7,11H2,1-2H3/t8-,9+. The Bertz CT molecular complexity index is 197. The van der Waals surface area contributed by atoms with E-state index in [0.29, 0.717) is 26.3 Å². The SMILES string of the molecule is CCO[C@H]1CN(C(=O)CN)C[C@H]1OCC. The molecular formula is C10H20N2O3. The average molecular weight is 216 g/mol. The van der Waals surface area contributed by atoms with Gasteiger partial charge in [-0.3, -0.25) is 4.79 Å². The lowest BCUT2D eigenvalue weighted by atomic mass is 10.2. The molecule has 0 aromatic rings. The van der Waals surface area contributed by atoms with Gasteiger partial charge >= 0.3 is 0 Å². The number of rotatable bonds is 5. The third-order valence-corrected chi connectivity index (χ3v) is 2.50. The third-order valence-electron chi connectivity index (χ3n) is 2.50. The van der Waals surface area contributed by atoms with E-state index in [1.807, 2.05) is 13.8 Å². The molecule has 0 aromatic carbocycles. The Balaban J connectivity index is 2.52. The highest BCUT2D eigenvalue weighted by Gasteiger charge is 2.35.